The summed E-state index contributed by atoms with van der Waals surface area (Å²) in [6, 6.07) is 8.14. The van der Waals surface area contributed by atoms with Gasteiger partial charge in [0.1, 0.15) is 17.2 Å². The summed E-state index contributed by atoms with van der Waals surface area (Å²) in [6.45, 7) is 8.21. The zero-order chi connectivity index (χ0) is 28.0. The second kappa shape index (κ2) is 9.96. The number of alkyl halides is 3. The van der Waals surface area contributed by atoms with Crippen molar-refractivity contribution >= 4 is 22.7 Å². The second-order valence-corrected chi connectivity index (χ2v) is 10.6. The van der Waals surface area contributed by atoms with Gasteiger partial charge in [0.05, 0.1) is 37.3 Å². The van der Waals surface area contributed by atoms with E-state index in [2.05, 4.69) is 10.3 Å². The fraction of sp³-hybridized carbons (Fsp3) is 0.429. The first-order chi connectivity index (χ1) is 17.7. The Kier molecular flexibility index (Phi) is 7.20. The highest BCUT2D eigenvalue weighted by Crippen LogP contribution is 2.44. The average Bonchev–Trinajstić information content (AvgIpc) is 2.79. The van der Waals surface area contributed by atoms with Crippen LogP contribution in [0.25, 0.3) is 10.9 Å². The lowest BCUT2D eigenvalue weighted by atomic mass is 9.86. The van der Waals surface area contributed by atoms with E-state index in [9.17, 15) is 18.0 Å². The van der Waals surface area contributed by atoms with Crippen molar-refractivity contribution in [1.29, 1.82) is 0 Å². The van der Waals surface area contributed by atoms with E-state index >= 15 is 4.39 Å². The van der Waals surface area contributed by atoms with Gasteiger partial charge in [0, 0.05) is 34.0 Å². The summed E-state index contributed by atoms with van der Waals surface area (Å²) in [5.74, 6) is -0.698. The monoisotopic (exact) mass is 533 g/mol. The summed E-state index contributed by atoms with van der Waals surface area (Å²) in [5.41, 5.74) is -1.28. The molecule has 1 aliphatic rings. The molecule has 0 unspecified atom stereocenters. The van der Waals surface area contributed by atoms with Gasteiger partial charge in [-0.3, -0.25) is 4.98 Å². The molecule has 38 heavy (non-hydrogen) atoms. The lowest BCUT2D eigenvalue weighted by Crippen LogP contribution is -2.59. The number of rotatable bonds is 6. The number of anilines is 1. The maximum Gasteiger partial charge on any atom is 0.410 e. The molecule has 3 aromatic rings. The molecule has 6 nitrogen and oxygen atoms in total. The van der Waals surface area contributed by atoms with Crippen LogP contribution in [0.15, 0.2) is 36.4 Å². The van der Waals surface area contributed by atoms with Gasteiger partial charge in [-0.15, -0.1) is 0 Å². The zero-order valence-electron chi connectivity index (χ0n) is 22.2. The topological polar surface area (TPSA) is 63.7 Å². The second-order valence-electron chi connectivity index (χ2n) is 10.6. The van der Waals surface area contributed by atoms with Gasteiger partial charge in [-0.25, -0.2) is 22.4 Å². The Bertz CT molecular complexity index is 1370. The zero-order valence-corrected chi connectivity index (χ0v) is 22.2. The van der Waals surface area contributed by atoms with Gasteiger partial charge in [-0.05, 0) is 46.8 Å². The molecule has 0 saturated carbocycles. The Morgan fingerprint density at radius 3 is 2.42 bits per heavy atom. The molecule has 204 valence electrons. The third-order valence-corrected chi connectivity index (χ3v) is 6.41. The molecule has 1 aliphatic heterocycles. The van der Waals surface area contributed by atoms with E-state index < -0.39 is 41.2 Å². The molecule has 2 aromatic carbocycles. The number of fused-ring (bicyclic) bond motifs is 1. The largest absolute Gasteiger partial charge is 0.496 e. The Labute approximate surface area is 218 Å². The van der Waals surface area contributed by atoms with Crippen LogP contribution >= 0.6 is 0 Å². The molecule has 1 N–H and O–H groups in total. The molecule has 1 saturated heterocycles. The van der Waals surface area contributed by atoms with E-state index in [1.165, 1.54) is 24.1 Å². The highest BCUT2D eigenvalue weighted by molar-refractivity contribution is 5.93. The van der Waals surface area contributed by atoms with Crippen molar-refractivity contribution in [2.75, 3.05) is 25.5 Å². The number of methoxy groups -OCH3 is 1. The molecule has 0 radical (unpaired) electrons. The third kappa shape index (κ3) is 5.35. The van der Waals surface area contributed by atoms with Crippen LogP contribution in [0.2, 0.25) is 0 Å². The van der Waals surface area contributed by atoms with Crippen LogP contribution in [0.3, 0.4) is 0 Å². The van der Waals surface area contributed by atoms with Gasteiger partial charge in [0.2, 0.25) is 0 Å². The number of amides is 1. The molecule has 0 spiro atoms. The van der Waals surface area contributed by atoms with Gasteiger partial charge >= 0.3 is 6.09 Å². The summed E-state index contributed by atoms with van der Waals surface area (Å²) in [7, 11) is 1.42. The first kappa shape index (κ1) is 27.5. The van der Waals surface area contributed by atoms with E-state index in [1.807, 2.05) is 0 Å². The molecule has 1 amide bonds. The van der Waals surface area contributed by atoms with Crippen LogP contribution in [-0.2, 0) is 10.4 Å². The summed E-state index contributed by atoms with van der Waals surface area (Å²) in [6.07, 6.45) is -3.54. The number of halogens is 4. The Balaban J connectivity index is 1.69. The minimum Gasteiger partial charge on any atom is -0.496 e. The van der Waals surface area contributed by atoms with Gasteiger partial charge in [-0.2, -0.15) is 0 Å². The fourth-order valence-electron chi connectivity index (χ4n) is 4.59. The van der Waals surface area contributed by atoms with Crippen LogP contribution < -0.4 is 10.1 Å². The maximum atomic E-state index is 16.1. The molecular formula is C28H31F4N3O3. The molecule has 1 fully saturated rings. The number of carbonyl (C=O) groups is 1. The lowest BCUT2D eigenvalue weighted by Gasteiger charge is -2.45. The maximum absolute atomic E-state index is 16.1. The molecule has 0 bridgehead atoms. The smallest absolute Gasteiger partial charge is 0.410 e. The minimum atomic E-state index is -2.94. The minimum absolute atomic E-state index is 0.0770. The highest BCUT2D eigenvalue weighted by atomic mass is 19.3. The Hall–Kier alpha value is -3.56. The number of hydrogen-bond donors (Lipinski definition) is 1. The van der Waals surface area contributed by atoms with Crippen LogP contribution in [0.1, 0.15) is 62.5 Å². The number of nitrogens with one attached hydrogen (secondary N) is 1. The lowest BCUT2D eigenvalue weighted by molar-refractivity contribution is -0.0545. The third-order valence-electron chi connectivity index (χ3n) is 6.41. The number of likely N-dealkylation sites (tertiary alicyclic amines) is 1. The summed E-state index contributed by atoms with van der Waals surface area (Å²) in [4.78, 5) is 18.2. The molecular weight excluding hydrogens is 502 g/mol. The van der Waals surface area contributed by atoms with Gasteiger partial charge in [-0.1, -0.05) is 18.2 Å². The van der Waals surface area contributed by atoms with Crippen molar-refractivity contribution in [3.63, 3.8) is 0 Å². The predicted octanol–water partition coefficient (Wildman–Crippen LogP) is 7.22. The molecule has 1 atom stereocenters. The number of aryl methyl sites for hydroxylation is 1. The van der Waals surface area contributed by atoms with E-state index in [4.69, 9.17) is 9.47 Å². The van der Waals surface area contributed by atoms with Crippen LogP contribution in [0.4, 0.5) is 28.0 Å². The van der Waals surface area contributed by atoms with E-state index in [0.717, 1.165) is 6.07 Å². The van der Waals surface area contributed by atoms with Crippen LogP contribution in [-0.4, -0.2) is 41.8 Å². The molecule has 1 aromatic heterocycles. The number of pyridine rings is 1. The summed E-state index contributed by atoms with van der Waals surface area (Å²) < 4.78 is 68.2. The standard InChI is InChI=1S/C28H31F4N3O3/c1-15-10-21(34-16(2)17-8-7-9-18(24(17)29)25(30)31)19-11-20(23(37-6)12-22(19)33-15)28(32)13-35(14-28)26(36)38-27(3,4)5/h7-12,16,25H,13-14H2,1-6H3,(H,33,34)/t16-/m1/s1. The van der Waals surface area contributed by atoms with E-state index in [1.54, 1.807) is 52.8 Å². The van der Waals surface area contributed by atoms with E-state index in [-0.39, 0.29) is 30.0 Å². The quantitative estimate of drug-likeness (QED) is 0.339. The van der Waals surface area contributed by atoms with Crippen molar-refractivity contribution in [2.45, 2.75) is 58.4 Å². The van der Waals surface area contributed by atoms with Gasteiger partial charge in [0.15, 0.2) is 5.67 Å². The predicted molar refractivity (Wildman–Crippen MR) is 137 cm³/mol. The van der Waals surface area contributed by atoms with Crippen molar-refractivity contribution in [3.05, 3.63) is 64.6 Å². The molecule has 10 heteroatoms. The molecule has 0 aliphatic carbocycles. The number of benzene rings is 2. The Morgan fingerprint density at radius 2 is 1.82 bits per heavy atom. The normalized spacial score (nSPS) is 15.8. The van der Waals surface area contributed by atoms with Crippen molar-refractivity contribution in [2.24, 2.45) is 0 Å². The van der Waals surface area contributed by atoms with Crippen molar-refractivity contribution < 1.29 is 31.8 Å². The summed E-state index contributed by atoms with van der Waals surface area (Å²) >= 11 is 0. The van der Waals surface area contributed by atoms with Crippen molar-refractivity contribution in [1.82, 2.24) is 9.88 Å². The van der Waals surface area contributed by atoms with E-state index in [0.29, 0.717) is 22.3 Å². The number of carbonyl (C=O) groups excluding carboxylic acids is 1. The average molecular weight is 534 g/mol. The van der Waals surface area contributed by atoms with Crippen molar-refractivity contribution in [3.8, 4) is 5.75 Å². The Morgan fingerprint density at radius 1 is 1.16 bits per heavy atom. The summed E-state index contributed by atoms with van der Waals surface area (Å²) in [5, 5.41) is 3.72. The van der Waals surface area contributed by atoms with Crippen LogP contribution in [0.5, 0.6) is 5.75 Å². The number of ether oxygens (including phenoxy) is 2. The first-order valence-electron chi connectivity index (χ1n) is 12.2. The molecule has 4 rings (SSSR count). The highest BCUT2D eigenvalue weighted by Gasteiger charge is 2.50. The number of hydrogen-bond acceptors (Lipinski definition) is 5. The number of aromatic nitrogens is 1. The van der Waals surface area contributed by atoms with Crippen LogP contribution in [0, 0.1) is 12.7 Å². The fourth-order valence-corrected chi connectivity index (χ4v) is 4.59. The number of nitrogens with zero attached hydrogens (tertiary/aromatic N) is 2. The van der Waals surface area contributed by atoms with Gasteiger partial charge in [0.25, 0.3) is 6.43 Å². The van der Waals surface area contributed by atoms with Gasteiger partial charge < -0.3 is 19.7 Å². The SMILES string of the molecule is COc1cc2nc(C)cc(N[C@H](C)c3cccc(C(F)F)c3F)c2cc1C1(F)CN(C(=O)OC(C)(C)C)C1. The molecule has 2 heterocycles. The first-order valence-corrected chi connectivity index (χ1v) is 12.2.